The predicted octanol–water partition coefficient (Wildman–Crippen LogP) is 3.40. The SMILES string of the molecule is NC(Cc1ccccc1Cl)CC1CCC1. The second kappa shape index (κ2) is 5.00. The minimum atomic E-state index is 0.273. The summed E-state index contributed by atoms with van der Waals surface area (Å²) < 4.78 is 0. The largest absolute Gasteiger partial charge is 0.327 e. The molecule has 2 rings (SSSR count). The Labute approximate surface area is 96.6 Å². The molecule has 1 aromatic carbocycles. The number of hydrogen-bond donors (Lipinski definition) is 1. The standard InChI is InChI=1S/C13H18ClN/c14-13-7-2-1-6-11(13)9-12(15)8-10-4-3-5-10/h1-2,6-7,10,12H,3-5,8-9,15H2. The first-order valence-corrected chi connectivity index (χ1v) is 6.12. The number of hydrogen-bond acceptors (Lipinski definition) is 1. The average Bonchev–Trinajstić information content (AvgIpc) is 2.16. The summed E-state index contributed by atoms with van der Waals surface area (Å²) in [4.78, 5) is 0. The van der Waals surface area contributed by atoms with Gasteiger partial charge >= 0.3 is 0 Å². The molecule has 1 aliphatic rings. The summed E-state index contributed by atoms with van der Waals surface area (Å²) in [5.41, 5.74) is 7.31. The van der Waals surface area contributed by atoms with Gasteiger partial charge in [-0.3, -0.25) is 0 Å². The molecule has 15 heavy (non-hydrogen) atoms. The van der Waals surface area contributed by atoms with Crippen LogP contribution >= 0.6 is 11.6 Å². The van der Waals surface area contributed by atoms with Gasteiger partial charge < -0.3 is 5.73 Å². The van der Waals surface area contributed by atoms with Crippen molar-refractivity contribution in [3.63, 3.8) is 0 Å². The maximum absolute atomic E-state index is 6.13. The van der Waals surface area contributed by atoms with Crippen molar-refractivity contribution in [3.05, 3.63) is 34.9 Å². The molecule has 0 aromatic heterocycles. The summed E-state index contributed by atoms with van der Waals surface area (Å²) in [5, 5.41) is 0.849. The van der Waals surface area contributed by atoms with E-state index in [0.717, 1.165) is 23.8 Å². The molecular weight excluding hydrogens is 206 g/mol. The van der Waals surface area contributed by atoms with Gasteiger partial charge in [0, 0.05) is 11.1 Å². The van der Waals surface area contributed by atoms with Gasteiger partial charge in [-0.15, -0.1) is 0 Å². The van der Waals surface area contributed by atoms with E-state index in [4.69, 9.17) is 17.3 Å². The molecule has 2 heteroatoms. The second-order valence-electron chi connectivity index (χ2n) is 4.59. The van der Waals surface area contributed by atoms with Crippen molar-refractivity contribution >= 4 is 11.6 Å². The lowest BCUT2D eigenvalue weighted by Gasteiger charge is -2.28. The highest BCUT2D eigenvalue weighted by molar-refractivity contribution is 6.31. The highest BCUT2D eigenvalue weighted by Crippen LogP contribution is 2.31. The summed E-state index contributed by atoms with van der Waals surface area (Å²) in [7, 11) is 0. The molecule has 1 nitrogen and oxygen atoms in total. The first-order valence-electron chi connectivity index (χ1n) is 5.74. The summed E-state index contributed by atoms with van der Waals surface area (Å²) in [6.07, 6.45) is 6.21. The van der Waals surface area contributed by atoms with Crippen LogP contribution in [-0.4, -0.2) is 6.04 Å². The molecule has 0 radical (unpaired) electrons. The zero-order valence-corrected chi connectivity index (χ0v) is 9.71. The maximum atomic E-state index is 6.13. The van der Waals surface area contributed by atoms with Gasteiger partial charge in [-0.2, -0.15) is 0 Å². The van der Waals surface area contributed by atoms with Crippen molar-refractivity contribution in [2.24, 2.45) is 11.7 Å². The maximum Gasteiger partial charge on any atom is 0.0438 e. The molecule has 0 saturated heterocycles. The molecule has 0 spiro atoms. The van der Waals surface area contributed by atoms with E-state index >= 15 is 0 Å². The summed E-state index contributed by atoms with van der Waals surface area (Å²) in [5.74, 6) is 0.877. The molecule has 1 aliphatic carbocycles. The van der Waals surface area contributed by atoms with Crippen LogP contribution in [0.3, 0.4) is 0 Å². The van der Waals surface area contributed by atoms with Crippen molar-refractivity contribution in [1.82, 2.24) is 0 Å². The van der Waals surface area contributed by atoms with Crippen LogP contribution in [0.1, 0.15) is 31.2 Å². The monoisotopic (exact) mass is 223 g/mol. The summed E-state index contributed by atoms with van der Waals surface area (Å²) in [6, 6.07) is 8.27. The van der Waals surface area contributed by atoms with E-state index in [1.807, 2.05) is 18.2 Å². The van der Waals surface area contributed by atoms with E-state index in [0.29, 0.717) is 0 Å². The van der Waals surface area contributed by atoms with Crippen molar-refractivity contribution in [2.75, 3.05) is 0 Å². The molecule has 0 heterocycles. The van der Waals surface area contributed by atoms with Crippen molar-refractivity contribution in [2.45, 2.75) is 38.1 Å². The van der Waals surface area contributed by atoms with Crippen LogP contribution in [0.2, 0.25) is 5.02 Å². The Balaban J connectivity index is 1.87. The first kappa shape index (κ1) is 11.0. The minimum Gasteiger partial charge on any atom is -0.327 e. The van der Waals surface area contributed by atoms with E-state index in [9.17, 15) is 0 Å². The van der Waals surface area contributed by atoms with Crippen LogP contribution in [0.15, 0.2) is 24.3 Å². The Morgan fingerprint density at radius 3 is 2.67 bits per heavy atom. The molecule has 82 valence electrons. The molecule has 1 saturated carbocycles. The van der Waals surface area contributed by atoms with Gasteiger partial charge in [-0.25, -0.2) is 0 Å². The average molecular weight is 224 g/mol. The second-order valence-corrected chi connectivity index (χ2v) is 5.00. The third kappa shape index (κ3) is 2.96. The number of rotatable bonds is 4. The smallest absolute Gasteiger partial charge is 0.0438 e. The molecule has 1 fully saturated rings. The fourth-order valence-corrected chi connectivity index (χ4v) is 2.40. The van der Waals surface area contributed by atoms with E-state index in [2.05, 4.69) is 6.07 Å². The first-order chi connectivity index (χ1) is 7.25. The van der Waals surface area contributed by atoms with Crippen LogP contribution in [0, 0.1) is 5.92 Å². The molecular formula is C13H18ClN. The lowest BCUT2D eigenvalue weighted by molar-refractivity contribution is 0.275. The van der Waals surface area contributed by atoms with Crippen molar-refractivity contribution in [3.8, 4) is 0 Å². The number of benzene rings is 1. The van der Waals surface area contributed by atoms with Crippen LogP contribution < -0.4 is 5.73 Å². The van der Waals surface area contributed by atoms with Gasteiger partial charge in [0.2, 0.25) is 0 Å². The summed E-state index contributed by atoms with van der Waals surface area (Å²) in [6.45, 7) is 0. The lowest BCUT2D eigenvalue weighted by atomic mass is 9.80. The predicted molar refractivity (Wildman–Crippen MR) is 65.1 cm³/mol. The molecule has 0 bridgehead atoms. The van der Waals surface area contributed by atoms with Crippen molar-refractivity contribution in [1.29, 1.82) is 0 Å². The van der Waals surface area contributed by atoms with Gasteiger partial charge in [0.25, 0.3) is 0 Å². The number of halogens is 1. The topological polar surface area (TPSA) is 26.0 Å². The number of nitrogens with two attached hydrogens (primary N) is 1. The van der Waals surface area contributed by atoms with Gasteiger partial charge in [0.1, 0.15) is 0 Å². The third-order valence-corrected chi connectivity index (χ3v) is 3.67. The van der Waals surface area contributed by atoms with E-state index in [1.165, 1.54) is 24.8 Å². The summed E-state index contributed by atoms with van der Waals surface area (Å²) >= 11 is 6.10. The van der Waals surface area contributed by atoms with Gasteiger partial charge in [0.05, 0.1) is 0 Å². The Kier molecular flexibility index (Phi) is 3.66. The molecule has 2 N–H and O–H groups in total. The Bertz CT molecular complexity index is 320. The molecule has 1 atom stereocenters. The Morgan fingerprint density at radius 2 is 2.07 bits per heavy atom. The quantitative estimate of drug-likeness (QED) is 0.832. The minimum absolute atomic E-state index is 0.273. The van der Waals surface area contributed by atoms with Crippen LogP contribution in [0.25, 0.3) is 0 Å². The van der Waals surface area contributed by atoms with Gasteiger partial charge in [-0.1, -0.05) is 49.1 Å². The third-order valence-electron chi connectivity index (χ3n) is 3.30. The van der Waals surface area contributed by atoms with Crippen LogP contribution in [0.4, 0.5) is 0 Å². The van der Waals surface area contributed by atoms with Crippen molar-refractivity contribution < 1.29 is 0 Å². The normalized spacial score (nSPS) is 18.5. The lowest BCUT2D eigenvalue weighted by Crippen LogP contribution is -2.28. The highest BCUT2D eigenvalue weighted by atomic mass is 35.5. The van der Waals surface area contributed by atoms with E-state index < -0.39 is 0 Å². The van der Waals surface area contributed by atoms with Crippen LogP contribution in [-0.2, 0) is 6.42 Å². The van der Waals surface area contributed by atoms with Gasteiger partial charge in [-0.05, 0) is 30.4 Å². The highest BCUT2D eigenvalue weighted by Gasteiger charge is 2.20. The molecule has 1 aromatic rings. The van der Waals surface area contributed by atoms with E-state index in [-0.39, 0.29) is 6.04 Å². The Morgan fingerprint density at radius 1 is 1.33 bits per heavy atom. The van der Waals surface area contributed by atoms with E-state index in [1.54, 1.807) is 0 Å². The molecule has 0 aliphatic heterocycles. The molecule has 1 unspecified atom stereocenters. The zero-order valence-electron chi connectivity index (χ0n) is 8.95. The Hall–Kier alpha value is -0.530. The van der Waals surface area contributed by atoms with Crippen LogP contribution in [0.5, 0.6) is 0 Å². The van der Waals surface area contributed by atoms with Gasteiger partial charge in [0.15, 0.2) is 0 Å². The fourth-order valence-electron chi connectivity index (χ4n) is 2.19. The molecule has 0 amide bonds. The zero-order chi connectivity index (χ0) is 10.7. The fraction of sp³-hybridized carbons (Fsp3) is 0.538.